The molecule has 3 rings (SSSR count). The highest BCUT2D eigenvalue weighted by Gasteiger charge is 2.17. The summed E-state index contributed by atoms with van der Waals surface area (Å²) in [6.07, 6.45) is 0.241. The normalized spacial score (nSPS) is 14.5. The third-order valence-corrected chi connectivity index (χ3v) is 5.66. The van der Waals surface area contributed by atoms with Gasteiger partial charge in [-0.2, -0.15) is 0 Å². The fraction of sp³-hybridized carbons (Fsp3) is 0.409. The molecule has 1 aliphatic heterocycles. The minimum absolute atomic E-state index is 0.0668. The van der Waals surface area contributed by atoms with Gasteiger partial charge in [-0.25, -0.2) is 0 Å². The number of thioether (sulfide) groups is 1. The first-order chi connectivity index (χ1) is 13.2. The molecular weight excluding hydrogens is 358 g/mol. The van der Waals surface area contributed by atoms with E-state index in [0.717, 1.165) is 30.2 Å². The summed E-state index contributed by atoms with van der Waals surface area (Å²) in [5.41, 5.74) is 2.39. The number of para-hydroxylation sites is 1. The first-order valence-electron chi connectivity index (χ1n) is 9.48. The largest absolute Gasteiger partial charge is 0.492 e. The van der Waals surface area contributed by atoms with Gasteiger partial charge in [0.05, 0.1) is 12.2 Å². The zero-order valence-electron chi connectivity index (χ0n) is 16.0. The predicted octanol–water partition coefficient (Wildman–Crippen LogP) is 4.21. The molecule has 144 valence electrons. The number of hydrogen-bond acceptors (Lipinski definition) is 5. The van der Waals surface area contributed by atoms with Gasteiger partial charge in [-0.15, -0.1) is 11.8 Å². The van der Waals surface area contributed by atoms with Crippen LogP contribution in [0.5, 0.6) is 5.75 Å². The molecule has 2 aromatic rings. The highest BCUT2D eigenvalue weighted by molar-refractivity contribution is 7.99. The number of Topliss-reactive ketones (excluding diaryl/α,β-unsaturated/α-hetero) is 1. The Morgan fingerprint density at radius 1 is 1.19 bits per heavy atom. The van der Waals surface area contributed by atoms with Crippen molar-refractivity contribution in [3.05, 3.63) is 54.1 Å². The Morgan fingerprint density at radius 3 is 2.70 bits per heavy atom. The van der Waals surface area contributed by atoms with Crippen molar-refractivity contribution in [3.8, 4) is 5.75 Å². The SMILES string of the molecule is CCOC(Cc1ccc(OCCN2CCSc3ccccc32)cc1)C(C)=O. The van der Waals surface area contributed by atoms with E-state index in [1.54, 1.807) is 6.92 Å². The summed E-state index contributed by atoms with van der Waals surface area (Å²) in [6, 6.07) is 16.5. The van der Waals surface area contributed by atoms with Gasteiger partial charge in [0.15, 0.2) is 5.78 Å². The molecule has 5 heteroatoms. The van der Waals surface area contributed by atoms with E-state index in [-0.39, 0.29) is 11.9 Å². The number of fused-ring (bicyclic) bond motifs is 1. The molecule has 0 amide bonds. The van der Waals surface area contributed by atoms with Crippen LogP contribution < -0.4 is 9.64 Å². The topological polar surface area (TPSA) is 38.8 Å². The molecule has 0 aliphatic carbocycles. The van der Waals surface area contributed by atoms with Gasteiger partial charge in [0.25, 0.3) is 0 Å². The van der Waals surface area contributed by atoms with E-state index >= 15 is 0 Å². The summed E-state index contributed by atoms with van der Waals surface area (Å²) >= 11 is 1.92. The van der Waals surface area contributed by atoms with Gasteiger partial charge in [-0.3, -0.25) is 4.79 Å². The lowest BCUT2D eigenvalue weighted by atomic mass is 10.1. The van der Waals surface area contributed by atoms with Crippen LogP contribution in [0.4, 0.5) is 5.69 Å². The molecule has 0 saturated heterocycles. The third-order valence-electron chi connectivity index (χ3n) is 4.62. The highest BCUT2D eigenvalue weighted by Crippen LogP contribution is 2.33. The number of benzene rings is 2. The number of carbonyl (C=O) groups is 1. The smallest absolute Gasteiger partial charge is 0.158 e. The van der Waals surface area contributed by atoms with Crippen molar-refractivity contribution >= 4 is 23.2 Å². The Bertz CT molecular complexity index is 747. The van der Waals surface area contributed by atoms with E-state index in [0.29, 0.717) is 19.6 Å². The number of hydrogen-bond donors (Lipinski definition) is 0. The molecule has 0 bridgehead atoms. The molecule has 0 radical (unpaired) electrons. The van der Waals surface area contributed by atoms with Gasteiger partial charge < -0.3 is 14.4 Å². The molecular formula is C22H27NO3S. The van der Waals surface area contributed by atoms with Gasteiger partial charge >= 0.3 is 0 Å². The van der Waals surface area contributed by atoms with Crippen LogP contribution >= 0.6 is 11.8 Å². The molecule has 0 N–H and O–H groups in total. The lowest BCUT2D eigenvalue weighted by Gasteiger charge is -2.30. The van der Waals surface area contributed by atoms with Crippen molar-refractivity contribution in [2.75, 3.05) is 37.0 Å². The molecule has 0 aromatic heterocycles. The maximum atomic E-state index is 11.6. The number of rotatable bonds is 9. The minimum Gasteiger partial charge on any atom is -0.492 e. The zero-order valence-corrected chi connectivity index (χ0v) is 16.8. The number of nitrogens with zero attached hydrogens (tertiary/aromatic N) is 1. The molecule has 27 heavy (non-hydrogen) atoms. The van der Waals surface area contributed by atoms with Crippen LogP contribution in [0.25, 0.3) is 0 Å². The lowest BCUT2D eigenvalue weighted by Crippen LogP contribution is -2.33. The van der Waals surface area contributed by atoms with Crippen molar-refractivity contribution < 1.29 is 14.3 Å². The summed E-state index contributed by atoms with van der Waals surface area (Å²) in [5.74, 6) is 2.04. The quantitative estimate of drug-likeness (QED) is 0.646. The van der Waals surface area contributed by atoms with Crippen LogP contribution in [0.2, 0.25) is 0 Å². The highest BCUT2D eigenvalue weighted by atomic mass is 32.2. The average molecular weight is 386 g/mol. The summed E-state index contributed by atoms with van der Waals surface area (Å²) in [7, 11) is 0. The molecule has 1 atom stereocenters. The summed E-state index contributed by atoms with van der Waals surface area (Å²) in [6.45, 7) is 6.60. The van der Waals surface area contributed by atoms with Gasteiger partial charge in [-0.1, -0.05) is 24.3 Å². The average Bonchev–Trinajstić information content (AvgIpc) is 2.69. The lowest BCUT2D eigenvalue weighted by molar-refractivity contribution is -0.127. The Balaban J connectivity index is 1.50. The minimum atomic E-state index is -0.362. The van der Waals surface area contributed by atoms with E-state index in [1.165, 1.54) is 10.6 Å². The fourth-order valence-corrected chi connectivity index (χ4v) is 4.24. The summed E-state index contributed by atoms with van der Waals surface area (Å²) < 4.78 is 11.4. The van der Waals surface area contributed by atoms with Crippen molar-refractivity contribution in [3.63, 3.8) is 0 Å². The second kappa shape index (κ2) is 9.81. The maximum absolute atomic E-state index is 11.6. The van der Waals surface area contributed by atoms with Crippen LogP contribution in [0, 0.1) is 0 Å². The molecule has 0 fully saturated rings. The third kappa shape index (κ3) is 5.50. The van der Waals surface area contributed by atoms with Crippen LogP contribution in [-0.2, 0) is 16.0 Å². The molecule has 1 aliphatic rings. The van der Waals surface area contributed by atoms with E-state index in [4.69, 9.17) is 9.47 Å². The van der Waals surface area contributed by atoms with Crippen LogP contribution in [0.15, 0.2) is 53.4 Å². The van der Waals surface area contributed by atoms with E-state index in [9.17, 15) is 4.79 Å². The van der Waals surface area contributed by atoms with Gasteiger partial charge in [0.1, 0.15) is 18.5 Å². The molecule has 0 spiro atoms. The van der Waals surface area contributed by atoms with Crippen molar-refractivity contribution in [1.29, 1.82) is 0 Å². The zero-order chi connectivity index (χ0) is 19.1. The number of anilines is 1. The van der Waals surface area contributed by atoms with E-state index in [1.807, 2.05) is 43.0 Å². The number of carbonyl (C=O) groups excluding carboxylic acids is 1. The Morgan fingerprint density at radius 2 is 1.96 bits per heavy atom. The van der Waals surface area contributed by atoms with Gasteiger partial charge in [0.2, 0.25) is 0 Å². The fourth-order valence-electron chi connectivity index (χ4n) is 3.19. The monoisotopic (exact) mass is 385 g/mol. The van der Waals surface area contributed by atoms with Crippen molar-refractivity contribution in [2.24, 2.45) is 0 Å². The molecule has 0 saturated carbocycles. The summed E-state index contributed by atoms with van der Waals surface area (Å²) in [4.78, 5) is 15.4. The number of ether oxygens (including phenoxy) is 2. The van der Waals surface area contributed by atoms with Gasteiger partial charge in [0, 0.05) is 30.2 Å². The maximum Gasteiger partial charge on any atom is 0.158 e. The van der Waals surface area contributed by atoms with Crippen LogP contribution in [0.1, 0.15) is 19.4 Å². The van der Waals surface area contributed by atoms with Crippen LogP contribution in [-0.4, -0.2) is 43.9 Å². The van der Waals surface area contributed by atoms with Crippen molar-refractivity contribution in [1.82, 2.24) is 0 Å². The summed E-state index contributed by atoms with van der Waals surface area (Å²) in [5, 5.41) is 0. The van der Waals surface area contributed by atoms with E-state index in [2.05, 4.69) is 29.2 Å². The first kappa shape index (κ1) is 19.8. The Labute approximate surface area is 165 Å². The second-order valence-corrected chi connectivity index (χ2v) is 7.69. The Hall–Kier alpha value is -1.98. The van der Waals surface area contributed by atoms with Crippen molar-refractivity contribution in [2.45, 2.75) is 31.3 Å². The second-order valence-electron chi connectivity index (χ2n) is 6.55. The predicted molar refractivity (Wildman–Crippen MR) is 111 cm³/mol. The van der Waals surface area contributed by atoms with Gasteiger partial charge in [-0.05, 0) is 43.7 Å². The molecule has 1 heterocycles. The standard InChI is InChI=1S/C22H27NO3S/c1-3-25-21(17(2)24)16-18-8-10-19(11-9-18)26-14-12-23-13-15-27-22-7-5-4-6-20(22)23/h4-11,21H,3,12-16H2,1-2H3. The van der Waals surface area contributed by atoms with Crippen LogP contribution in [0.3, 0.4) is 0 Å². The molecule has 2 aromatic carbocycles. The number of ketones is 1. The first-order valence-corrected chi connectivity index (χ1v) is 10.5. The van der Waals surface area contributed by atoms with E-state index < -0.39 is 0 Å². The molecule has 1 unspecified atom stereocenters. The molecule has 4 nitrogen and oxygen atoms in total. The Kier molecular flexibility index (Phi) is 7.18.